The molecule has 0 unspecified atom stereocenters. The Balaban J connectivity index is 2.58. The van der Waals surface area contributed by atoms with E-state index in [2.05, 4.69) is 0 Å². The average Bonchev–Trinajstić information content (AvgIpc) is 2.69. The van der Waals surface area contributed by atoms with E-state index in [1.807, 2.05) is 12.1 Å². The molecular weight excluding hydrogens is 324 g/mol. The monoisotopic (exact) mass is 344 g/mol. The molecule has 6 nitrogen and oxygen atoms in total. The number of hydrogen-bond acceptors (Lipinski definition) is 6. The quantitative estimate of drug-likeness (QED) is 0.360. The Morgan fingerprint density at radius 3 is 1.60 bits per heavy atom. The van der Waals surface area contributed by atoms with Gasteiger partial charge in [-0.15, -0.1) is 0 Å². The van der Waals surface area contributed by atoms with Gasteiger partial charge in [-0.1, -0.05) is 60.7 Å². The standard InChI is InChI=1S/C19H20O6/c1-23-17(20)16(18(21)24-2)13-19(25-22,14-9-5-3-6-10-14)15-11-7-4-8-12-15/h3-12,16,22H,13H2,1-2H3. The van der Waals surface area contributed by atoms with Crippen LogP contribution in [-0.2, 0) is 29.6 Å². The fraction of sp³-hybridized carbons (Fsp3) is 0.263. The molecule has 0 spiro atoms. The summed E-state index contributed by atoms with van der Waals surface area (Å²) in [6.07, 6.45) is -0.184. The molecule has 0 atom stereocenters. The number of carbonyl (C=O) groups is 2. The molecule has 0 heterocycles. The lowest BCUT2D eigenvalue weighted by atomic mass is 9.79. The first-order chi connectivity index (χ1) is 12.1. The lowest BCUT2D eigenvalue weighted by Crippen LogP contribution is -2.38. The molecule has 132 valence electrons. The van der Waals surface area contributed by atoms with E-state index in [-0.39, 0.29) is 6.42 Å². The number of esters is 2. The van der Waals surface area contributed by atoms with Gasteiger partial charge in [0.05, 0.1) is 14.2 Å². The molecule has 0 saturated heterocycles. The van der Waals surface area contributed by atoms with Crippen molar-refractivity contribution in [3.8, 4) is 0 Å². The zero-order chi connectivity index (χ0) is 18.3. The highest BCUT2D eigenvalue weighted by molar-refractivity contribution is 5.95. The van der Waals surface area contributed by atoms with Gasteiger partial charge in [-0.3, -0.25) is 14.8 Å². The molecule has 2 aromatic carbocycles. The number of benzene rings is 2. The van der Waals surface area contributed by atoms with E-state index < -0.39 is 23.5 Å². The van der Waals surface area contributed by atoms with Crippen LogP contribution in [0.2, 0.25) is 0 Å². The van der Waals surface area contributed by atoms with E-state index in [4.69, 9.17) is 14.4 Å². The first kappa shape index (κ1) is 18.6. The SMILES string of the molecule is COC(=O)C(CC(OO)(c1ccccc1)c1ccccc1)C(=O)OC. The Morgan fingerprint density at radius 2 is 1.28 bits per heavy atom. The van der Waals surface area contributed by atoms with Crippen molar-refractivity contribution in [2.45, 2.75) is 12.0 Å². The van der Waals surface area contributed by atoms with E-state index in [1.54, 1.807) is 48.5 Å². The smallest absolute Gasteiger partial charge is 0.320 e. The van der Waals surface area contributed by atoms with Crippen molar-refractivity contribution in [2.24, 2.45) is 5.92 Å². The third kappa shape index (κ3) is 3.87. The third-order valence-electron chi connectivity index (χ3n) is 4.10. The van der Waals surface area contributed by atoms with Crippen LogP contribution in [0.3, 0.4) is 0 Å². The van der Waals surface area contributed by atoms with Crippen molar-refractivity contribution in [1.82, 2.24) is 0 Å². The molecule has 0 aromatic heterocycles. The van der Waals surface area contributed by atoms with Crippen molar-refractivity contribution >= 4 is 11.9 Å². The molecule has 0 saturated carbocycles. The second-order valence-electron chi connectivity index (χ2n) is 5.45. The first-order valence-electron chi connectivity index (χ1n) is 7.68. The molecule has 6 heteroatoms. The summed E-state index contributed by atoms with van der Waals surface area (Å²) in [5.41, 5.74) is -0.265. The van der Waals surface area contributed by atoms with E-state index in [1.165, 1.54) is 14.2 Å². The van der Waals surface area contributed by atoms with Gasteiger partial charge >= 0.3 is 11.9 Å². The van der Waals surface area contributed by atoms with Crippen LogP contribution in [0.15, 0.2) is 60.7 Å². The predicted molar refractivity (Wildman–Crippen MR) is 89.5 cm³/mol. The summed E-state index contributed by atoms with van der Waals surface area (Å²) in [7, 11) is 2.37. The highest BCUT2D eigenvalue weighted by Gasteiger charge is 2.44. The number of ether oxygens (including phenoxy) is 2. The summed E-state index contributed by atoms with van der Waals surface area (Å²) in [5, 5.41) is 9.84. The van der Waals surface area contributed by atoms with E-state index in [0.29, 0.717) is 11.1 Å². The maximum atomic E-state index is 12.1. The molecular formula is C19H20O6. The summed E-state index contributed by atoms with van der Waals surface area (Å²) < 4.78 is 9.44. The van der Waals surface area contributed by atoms with Crippen molar-refractivity contribution < 1.29 is 29.2 Å². The lowest BCUT2D eigenvalue weighted by Gasteiger charge is -2.33. The molecule has 25 heavy (non-hydrogen) atoms. The van der Waals surface area contributed by atoms with Crippen molar-refractivity contribution in [3.05, 3.63) is 71.8 Å². The molecule has 0 aliphatic heterocycles. The Kier molecular flexibility index (Phi) is 6.27. The van der Waals surface area contributed by atoms with Gasteiger partial charge in [0.25, 0.3) is 0 Å². The summed E-state index contributed by atoms with van der Waals surface area (Å²) in [5.74, 6) is -2.79. The zero-order valence-electron chi connectivity index (χ0n) is 14.0. The van der Waals surface area contributed by atoms with Crippen LogP contribution in [-0.4, -0.2) is 31.4 Å². The molecule has 2 rings (SSSR count). The number of carbonyl (C=O) groups excluding carboxylic acids is 2. The fourth-order valence-corrected chi connectivity index (χ4v) is 2.79. The largest absolute Gasteiger partial charge is 0.468 e. The number of methoxy groups -OCH3 is 2. The van der Waals surface area contributed by atoms with Crippen LogP contribution < -0.4 is 0 Å². The summed E-state index contributed by atoms with van der Waals surface area (Å²) in [4.78, 5) is 29.1. The topological polar surface area (TPSA) is 82.1 Å². The van der Waals surface area contributed by atoms with E-state index in [0.717, 1.165) is 0 Å². The molecule has 0 aliphatic rings. The summed E-state index contributed by atoms with van der Waals surface area (Å²) in [6.45, 7) is 0. The second-order valence-corrected chi connectivity index (χ2v) is 5.45. The van der Waals surface area contributed by atoms with Gasteiger partial charge in [-0.2, -0.15) is 0 Å². The Labute approximate surface area is 145 Å². The van der Waals surface area contributed by atoms with Crippen molar-refractivity contribution in [3.63, 3.8) is 0 Å². The van der Waals surface area contributed by atoms with Gasteiger partial charge in [0, 0.05) is 6.42 Å². The Hall–Kier alpha value is -2.70. The summed E-state index contributed by atoms with van der Waals surface area (Å²) >= 11 is 0. The Morgan fingerprint density at radius 1 is 0.880 bits per heavy atom. The van der Waals surface area contributed by atoms with Crippen molar-refractivity contribution in [1.29, 1.82) is 0 Å². The highest BCUT2D eigenvalue weighted by atomic mass is 17.1. The van der Waals surface area contributed by atoms with Gasteiger partial charge in [0.15, 0.2) is 11.5 Å². The number of rotatable bonds is 7. The normalized spacial score (nSPS) is 11.2. The zero-order valence-corrected chi connectivity index (χ0v) is 14.0. The Bertz CT molecular complexity index is 643. The number of hydrogen-bond donors (Lipinski definition) is 1. The lowest BCUT2D eigenvalue weighted by molar-refractivity contribution is -0.319. The highest BCUT2D eigenvalue weighted by Crippen LogP contribution is 2.39. The van der Waals surface area contributed by atoms with Gasteiger partial charge in [-0.05, 0) is 11.1 Å². The van der Waals surface area contributed by atoms with Gasteiger partial charge < -0.3 is 9.47 Å². The predicted octanol–water partition coefficient (Wildman–Crippen LogP) is 2.77. The maximum absolute atomic E-state index is 12.1. The third-order valence-corrected chi connectivity index (χ3v) is 4.10. The second kappa shape index (κ2) is 8.41. The van der Waals surface area contributed by atoms with Gasteiger partial charge in [0.1, 0.15) is 0 Å². The molecule has 0 fully saturated rings. The van der Waals surface area contributed by atoms with E-state index >= 15 is 0 Å². The molecule has 0 amide bonds. The minimum atomic E-state index is -1.43. The molecule has 0 aliphatic carbocycles. The summed E-state index contributed by atoms with van der Waals surface area (Å²) in [6, 6.07) is 17.7. The maximum Gasteiger partial charge on any atom is 0.320 e. The van der Waals surface area contributed by atoms with E-state index in [9.17, 15) is 14.8 Å². The fourth-order valence-electron chi connectivity index (χ4n) is 2.79. The van der Waals surface area contributed by atoms with Crippen molar-refractivity contribution in [2.75, 3.05) is 14.2 Å². The van der Waals surface area contributed by atoms with Gasteiger partial charge in [0.2, 0.25) is 0 Å². The minimum Gasteiger partial charge on any atom is -0.468 e. The van der Waals surface area contributed by atoms with Crippen LogP contribution in [0.25, 0.3) is 0 Å². The van der Waals surface area contributed by atoms with Crippen LogP contribution >= 0.6 is 0 Å². The van der Waals surface area contributed by atoms with Crippen LogP contribution in [0.5, 0.6) is 0 Å². The van der Waals surface area contributed by atoms with Gasteiger partial charge in [-0.25, -0.2) is 4.89 Å². The van der Waals surface area contributed by atoms with Crippen LogP contribution in [0.1, 0.15) is 17.5 Å². The van der Waals surface area contributed by atoms with Crippen LogP contribution in [0, 0.1) is 5.92 Å². The van der Waals surface area contributed by atoms with Crippen LogP contribution in [0.4, 0.5) is 0 Å². The molecule has 0 radical (unpaired) electrons. The molecule has 2 aromatic rings. The molecule has 1 N–H and O–H groups in total. The first-order valence-corrected chi connectivity index (χ1v) is 7.68. The minimum absolute atomic E-state index is 0.184. The molecule has 0 bridgehead atoms. The average molecular weight is 344 g/mol.